The Bertz CT molecular complexity index is 619. The van der Waals surface area contributed by atoms with Crippen LogP contribution in [-0.2, 0) is 4.74 Å². The minimum absolute atomic E-state index is 0.0184. The summed E-state index contributed by atoms with van der Waals surface area (Å²) < 4.78 is 5.50. The Hall–Kier alpha value is -1.64. The zero-order chi connectivity index (χ0) is 13.4. The largest absolute Gasteiger partial charge is 0.356 e. The van der Waals surface area contributed by atoms with E-state index in [9.17, 15) is 4.79 Å². The highest BCUT2D eigenvalue weighted by atomic mass is 35.5. The highest BCUT2D eigenvalue weighted by molar-refractivity contribution is 6.31. The van der Waals surface area contributed by atoms with Crippen LogP contribution >= 0.6 is 11.6 Å². The Balaban J connectivity index is 1.78. The average molecular weight is 273 g/mol. The van der Waals surface area contributed by atoms with E-state index in [0.29, 0.717) is 10.6 Å². The van der Waals surface area contributed by atoms with Crippen LogP contribution in [0, 0.1) is 6.92 Å². The molecule has 1 fully saturated rings. The van der Waals surface area contributed by atoms with Crippen molar-refractivity contribution >= 4 is 17.4 Å². The van der Waals surface area contributed by atoms with Crippen LogP contribution in [0.5, 0.6) is 0 Å². The normalized spacial score (nSPS) is 21.2. The lowest BCUT2D eigenvalue weighted by Crippen LogP contribution is -2.08. The Morgan fingerprint density at radius 1 is 1.11 bits per heavy atom. The van der Waals surface area contributed by atoms with Gasteiger partial charge in [-0.2, -0.15) is 0 Å². The fourth-order valence-electron chi connectivity index (χ4n) is 2.14. The van der Waals surface area contributed by atoms with Gasteiger partial charge in [0.2, 0.25) is 0 Å². The molecule has 2 atom stereocenters. The van der Waals surface area contributed by atoms with E-state index in [1.165, 1.54) is 0 Å². The molecule has 2 aromatic rings. The standard InChI is InChI=1S/C16H13ClO2/c1-10-6-8-11(9-7-10)14(18)16-15(19-16)12-4-2-3-5-13(12)17/h2-9,15-16H,1H3/t15-,16-/m1/s1. The van der Waals surface area contributed by atoms with E-state index in [1.54, 1.807) is 0 Å². The Morgan fingerprint density at radius 2 is 1.79 bits per heavy atom. The second kappa shape index (κ2) is 4.80. The molecule has 0 radical (unpaired) electrons. The summed E-state index contributed by atoms with van der Waals surface area (Å²) in [6.07, 6.45) is -0.606. The maximum absolute atomic E-state index is 12.2. The van der Waals surface area contributed by atoms with Crippen LogP contribution < -0.4 is 0 Å². The molecule has 19 heavy (non-hydrogen) atoms. The minimum atomic E-state index is -0.400. The summed E-state index contributed by atoms with van der Waals surface area (Å²) in [7, 11) is 0. The van der Waals surface area contributed by atoms with Crippen molar-refractivity contribution in [3.8, 4) is 0 Å². The van der Waals surface area contributed by atoms with Gasteiger partial charge in [-0.25, -0.2) is 0 Å². The number of benzene rings is 2. The molecule has 0 unspecified atom stereocenters. The molecule has 0 N–H and O–H groups in total. The molecule has 0 aliphatic carbocycles. The summed E-state index contributed by atoms with van der Waals surface area (Å²) in [4.78, 5) is 12.2. The highest BCUT2D eigenvalue weighted by Crippen LogP contribution is 2.43. The van der Waals surface area contributed by atoms with Gasteiger partial charge in [0.05, 0.1) is 0 Å². The first-order valence-corrected chi connectivity index (χ1v) is 6.55. The Kier molecular flexibility index (Phi) is 3.13. The van der Waals surface area contributed by atoms with E-state index in [4.69, 9.17) is 16.3 Å². The fourth-order valence-corrected chi connectivity index (χ4v) is 2.38. The van der Waals surface area contributed by atoms with Gasteiger partial charge in [0, 0.05) is 16.1 Å². The summed E-state index contributed by atoms with van der Waals surface area (Å²) in [6, 6.07) is 15.0. The number of halogens is 1. The third-order valence-electron chi connectivity index (χ3n) is 3.30. The number of aryl methyl sites for hydroxylation is 1. The van der Waals surface area contributed by atoms with Crippen molar-refractivity contribution < 1.29 is 9.53 Å². The van der Waals surface area contributed by atoms with Crippen molar-refractivity contribution in [1.29, 1.82) is 0 Å². The van der Waals surface area contributed by atoms with Crippen LogP contribution in [-0.4, -0.2) is 11.9 Å². The predicted molar refractivity (Wildman–Crippen MR) is 74.6 cm³/mol. The minimum Gasteiger partial charge on any atom is -0.356 e. The Labute approximate surface area is 117 Å². The average Bonchev–Trinajstić information content (AvgIpc) is 3.19. The molecule has 2 aromatic carbocycles. The lowest BCUT2D eigenvalue weighted by molar-refractivity contribution is 0.0953. The number of ketones is 1. The first-order valence-electron chi connectivity index (χ1n) is 6.17. The van der Waals surface area contributed by atoms with E-state index < -0.39 is 6.10 Å². The zero-order valence-corrected chi connectivity index (χ0v) is 11.2. The molecule has 96 valence electrons. The van der Waals surface area contributed by atoms with Gasteiger partial charge in [-0.05, 0) is 13.0 Å². The van der Waals surface area contributed by atoms with Gasteiger partial charge in [-0.1, -0.05) is 59.6 Å². The van der Waals surface area contributed by atoms with Crippen molar-refractivity contribution in [2.24, 2.45) is 0 Å². The van der Waals surface area contributed by atoms with Crippen LogP contribution in [0.1, 0.15) is 27.6 Å². The number of hydrogen-bond donors (Lipinski definition) is 0. The Morgan fingerprint density at radius 3 is 2.47 bits per heavy atom. The van der Waals surface area contributed by atoms with Crippen LogP contribution in [0.3, 0.4) is 0 Å². The predicted octanol–water partition coefficient (Wildman–Crippen LogP) is 3.97. The van der Waals surface area contributed by atoms with Gasteiger partial charge in [0.1, 0.15) is 6.10 Å². The zero-order valence-electron chi connectivity index (χ0n) is 10.5. The van der Waals surface area contributed by atoms with Crippen molar-refractivity contribution in [3.05, 3.63) is 70.2 Å². The van der Waals surface area contributed by atoms with E-state index in [2.05, 4.69) is 0 Å². The molecule has 1 aliphatic rings. The molecule has 1 aliphatic heterocycles. The van der Waals surface area contributed by atoms with Crippen molar-refractivity contribution in [2.45, 2.75) is 19.1 Å². The third-order valence-corrected chi connectivity index (χ3v) is 3.64. The van der Waals surface area contributed by atoms with Crippen LogP contribution in [0.15, 0.2) is 48.5 Å². The van der Waals surface area contributed by atoms with Gasteiger partial charge in [-0.3, -0.25) is 4.79 Å². The molecule has 1 heterocycles. The molecular formula is C16H13ClO2. The number of epoxide rings is 1. The van der Waals surface area contributed by atoms with E-state index in [0.717, 1.165) is 11.1 Å². The van der Waals surface area contributed by atoms with Crippen LogP contribution in [0.2, 0.25) is 5.02 Å². The third kappa shape index (κ3) is 2.42. The molecule has 2 nitrogen and oxygen atoms in total. The maximum atomic E-state index is 12.2. The van der Waals surface area contributed by atoms with Crippen molar-refractivity contribution in [3.63, 3.8) is 0 Å². The number of carbonyl (C=O) groups excluding carboxylic acids is 1. The smallest absolute Gasteiger partial charge is 0.194 e. The first kappa shape index (κ1) is 12.4. The summed E-state index contributed by atoms with van der Waals surface area (Å²) in [5.41, 5.74) is 2.70. The van der Waals surface area contributed by atoms with Gasteiger partial charge >= 0.3 is 0 Å². The molecule has 3 rings (SSSR count). The SMILES string of the molecule is Cc1ccc(C(=O)[C@H]2O[C@@H]2c2ccccc2Cl)cc1. The topological polar surface area (TPSA) is 29.6 Å². The summed E-state index contributed by atoms with van der Waals surface area (Å²) in [6.45, 7) is 1.99. The van der Waals surface area contributed by atoms with Gasteiger partial charge < -0.3 is 4.74 Å². The monoisotopic (exact) mass is 272 g/mol. The lowest BCUT2D eigenvalue weighted by Gasteiger charge is -2.00. The summed E-state index contributed by atoms with van der Waals surface area (Å²) in [5.74, 6) is 0.0184. The molecule has 0 aromatic heterocycles. The fraction of sp³-hybridized carbons (Fsp3) is 0.188. The molecular weight excluding hydrogens is 260 g/mol. The van der Waals surface area contributed by atoms with Gasteiger partial charge in [0.15, 0.2) is 11.9 Å². The van der Waals surface area contributed by atoms with E-state index in [1.807, 2.05) is 55.5 Å². The second-order valence-corrected chi connectivity index (χ2v) is 5.14. The lowest BCUT2D eigenvalue weighted by atomic mass is 10.0. The van der Waals surface area contributed by atoms with Gasteiger partial charge in [-0.15, -0.1) is 0 Å². The molecule has 1 saturated heterocycles. The van der Waals surface area contributed by atoms with Crippen LogP contribution in [0.4, 0.5) is 0 Å². The molecule has 3 heteroatoms. The number of hydrogen-bond acceptors (Lipinski definition) is 2. The number of rotatable bonds is 3. The van der Waals surface area contributed by atoms with Crippen LogP contribution in [0.25, 0.3) is 0 Å². The highest BCUT2D eigenvalue weighted by Gasteiger charge is 2.46. The molecule has 0 spiro atoms. The van der Waals surface area contributed by atoms with E-state index in [-0.39, 0.29) is 11.9 Å². The van der Waals surface area contributed by atoms with E-state index >= 15 is 0 Å². The first-order chi connectivity index (χ1) is 9.16. The number of carbonyl (C=O) groups is 1. The second-order valence-electron chi connectivity index (χ2n) is 4.73. The molecule has 0 amide bonds. The number of Topliss-reactive ketones (excluding diaryl/α,β-unsaturated/α-hetero) is 1. The van der Waals surface area contributed by atoms with Crippen molar-refractivity contribution in [2.75, 3.05) is 0 Å². The quantitative estimate of drug-likeness (QED) is 0.625. The summed E-state index contributed by atoms with van der Waals surface area (Å²) >= 11 is 6.10. The number of ether oxygens (including phenoxy) is 1. The maximum Gasteiger partial charge on any atom is 0.194 e. The molecule has 0 saturated carbocycles. The summed E-state index contributed by atoms with van der Waals surface area (Å²) in [5, 5.41) is 0.645. The van der Waals surface area contributed by atoms with Crippen molar-refractivity contribution in [1.82, 2.24) is 0 Å². The molecule has 0 bridgehead atoms. The van der Waals surface area contributed by atoms with Gasteiger partial charge in [0.25, 0.3) is 0 Å².